The molecular formula is C44H26N4OS. The van der Waals surface area contributed by atoms with Crippen molar-refractivity contribution in [3.63, 3.8) is 0 Å². The highest BCUT2D eigenvalue weighted by Crippen LogP contribution is 2.44. The van der Waals surface area contributed by atoms with E-state index in [0.717, 1.165) is 70.2 Å². The smallest absolute Gasteiger partial charge is 0.165 e. The van der Waals surface area contributed by atoms with Gasteiger partial charge in [0.05, 0.1) is 15.6 Å². The highest BCUT2D eigenvalue weighted by atomic mass is 32.1. The van der Waals surface area contributed by atoms with Gasteiger partial charge in [-0.05, 0) is 46.2 Å². The van der Waals surface area contributed by atoms with E-state index in [1.165, 1.54) is 11.1 Å². The van der Waals surface area contributed by atoms with E-state index >= 15 is 0 Å². The van der Waals surface area contributed by atoms with Crippen molar-refractivity contribution in [2.75, 3.05) is 0 Å². The lowest BCUT2D eigenvalue weighted by molar-refractivity contribution is 0.669. The minimum Gasteiger partial charge on any atom is -0.456 e. The van der Waals surface area contributed by atoms with Crippen molar-refractivity contribution in [3.05, 3.63) is 158 Å². The number of benzene rings is 7. The van der Waals surface area contributed by atoms with Crippen molar-refractivity contribution in [1.82, 2.24) is 19.9 Å². The monoisotopic (exact) mass is 658 g/mol. The minimum atomic E-state index is 0.573. The topological polar surface area (TPSA) is 64.7 Å². The van der Waals surface area contributed by atoms with E-state index in [2.05, 4.69) is 84.9 Å². The number of furan rings is 1. The molecule has 3 aromatic heterocycles. The van der Waals surface area contributed by atoms with Gasteiger partial charge in [-0.2, -0.15) is 0 Å². The number of hydrogen-bond acceptors (Lipinski definition) is 6. The van der Waals surface area contributed by atoms with E-state index < -0.39 is 0 Å². The average molecular weight is 659 g/mol. The number of hydrogen-bond donors (Lipinski definition) is 0. The Labute approximate surface area is 291 Å². The Morgan fingerprint density at radius 2 is 1.00 bits per heavy atom. The number of para-hydroxylation sites is 1. The standard InChI is InChI=1S/C44H26N4OS/c1-4-12-27(13-5-1)30-20-21-32-25-33(23-22-31(32)24-30)42-46-41(28-14-6-2-7-15-28)47-43(48-42)35-26-37-38(34-18-10-11-19-36(34)49-37)39-40(35)50-44(45-39)29-16-8-3-9-17-29/h1-26H. The van der Waals surface area contributed by atoms with Crippen LogP contribution in [0.1, 0.15) is 0 Å². The molecule has 0 fully saturated rings. The summed E-state index contributed by atoms with van der Waals surface area (Å²) in [6.07, 6.45) is 0. The van der Waals surface area contributed by atoms with Crippen LogP contribution >= 0.6 is 11.3 Å². The van der Waals surface area contributed by atoms with Gasteiger partial charge in [0.25, 0.3) is 0 Å². The zero-order valence-corrected chi connectivity index (χ0v) is 27.4. The van der Waals surface area contributed by atoms with E-state index in [9.17, 15) is 0 Å². The largest absolute Gasteiger partial charge is 0.456 e. The molecule has 0 aliphatic rings. The van der Waals surface area contributed by atoms with Crippen molar-refractivity contribution >= 4 is 54.3 Å². The Morgan fingerprint density at radius 1 is 0.420 bits per heavy atom. The average Bonchev–Trinajstić information content (AvgIpc) is 3.80. The number of nitrogens with zero attached hydrogens (tertiary/aromatic N) is 4. The fourth-order valence-corrected chi connectivity index (χ4v) is 7.77. The molecule has 10 rings (SSSR count). The third-order valence-corrected chi connectivity index (χ3v) is 10.3. The van der Waals surface area contributed by atoms with E-state index in [1.807, 2.05) is 72.8 Å². The summed E-state index contributed by atoms with van der Waals surface area (Å²) < 4.78 is 7.46. The van der Waals surface area contributed by atoms with Gasteiger partial charge in [-0.25, -0.2) is 19.9 Å². The summed E-state index contributed by atoms with van der Waals surface area (Å²) in [6.45, 7) is 0. The van der Waals surface area contributed by atoms with Gasteiger partial charge in [0.1, 0.15) is 16.2 Å². The fraction of sp³-hybridized carbons (Fsp3) is 0. The quantitative estimate of drug-likeness (QED) is 0.184. The molecule has 7 aromatic carbocycles. The second kappa shape index (κ2) is 11.6. The Bertz CT molecular complexity index is 2860. The van der Waals surface area contributed by atoms with Crippen LogP contribution in [0.25, 0.3) is 98.8 Å². The molecule has 0 atom stereocenters. The van der Waals surface area contributed by atoms with Gasteiger partial charge in [-0.3, -0.25) is 0 Å². The molecule has 0 aliphatic carbocycles. The molecule has 0 amide bonds. The van der Waals surface area contributed by atoms with Gasteiger partial charge >= 0.3 is 0 Å². The lowest BCUT2D eigenvalue weighted by Crippen LogP contribution is -2.00. The third-order valence-electron chi connectivity index (χ3n) is 9.14. The van der Waals surface area contributed by atoms with E-state index in [0.29, 0.717) is 17.5 Å². The first-order valence-corrected chi connectivity index (χ1v) is 17.3. The Hall–Kier alpha value is -6.50. The summed E-state index contributed by atoms with van der Waals surface area (Å²) in [5.74, 6) is 1.79. The lowest BCUT2D eigenvalue weighted by Gasteiger charge is -2.10. The van der Waals surface area contributed by atoms with Gasteiger partial charge in [0.2, 0.25) is 0 Å². The number of aromatic nitrogens is 4. The molecular weight excluding hydrogens is 633 g/mol. The van der Waals surface area contributed by atoms with Crippen LogP contribution in [0.5, 0.6) is 0 Å². The van der Waals surface area contributed by atoms with Crippen molar-refractivity contribution in [1.29, 1.82) is 0 Å². The molecule has 5 nitrogen and oxygen atoms in total. The predicted octanol–water partition coefficient (Wildman–Crippen LogP) is 11.9. The zero-order chi connectivity index (χ0) is 33.0. The highest BCUT2D eigenvalue weighted by Gasteiger charge is 2.22. The van der Waals surface area contributed by atoms with Gasteiger partial charge in [-0.1, -0.05) is 133 Å². The Kier molecular flexibility index (Phi) is 6.60. The first kappa shape index (κ1) is 28.5. The maximum atomic E-state index is 6.45. The van der Waals surface area contributed by atoms with Crippen molar-refractivity contribution in [2.24, 2.45) is 0 Å². The van der Waals surface area contributed by atoms with Crippen LogP contribution in [0.3, 0.4) is 0 Å². The van der Waals surface area contributed by atoms with Crippen molar-refractivity contribution in [3.8, 4) is 55.9 Å². The molecule has 0 spiro atoms. The van der Waals surface area contributed by atoms with Gasteiger partial charge in [0, 0.05) is 27.6 Å². The van der Waals surface area contributed by atoms with Crippen molar-refractivity contribution < 1.29 is 4.42 Å². The maximum Gasteiger partial charge on any atom is 0.165 e. The van der Waals surface area contributed by atoms with E-state index in [4.69, 9.17) is 24.4 Å². The van der Waals surface area contributed by atoms with Crippen LogP contribution in [0, 0.1) is 0 Å². The molecule has 0 saturated carbocycles. The highest BCUT2D eigenvalue weighted by molar-refractivity contribution is 7.22. The summed E-state index contributed by atoms with van der Waals surface area (Å²) in [7, 11) is 0. The third kappa shape index (κ3) is 4.85. The molecule has 0 bridgehead atoms. The lowest BCUT2D eigenvalue weighted by atomic mass is 10.00. The zero-order valence-electron chi connectivity index (χ0n) is 26.6. The second-order valence-corrected chi connectivity index (χ2v) is 13.3. The molecule has 0 radical (unpaired) electrons. The van der Waals surface area contributed by atoms with E-state index in [-0.39, 0.29) is 0 Å². The predicted molar refractivity (Wildman–Crippen MR) is 205 cm³/mol. The number of rotatable bonds is 5. The second-order valence-electron chi connectivity index (χ2n) is 12.3. The molecule has 0 saturated heterocycles. The first-order chi connectivity index (χ1) is 24.7. The van der Waals surface area contributed by atoms with Crippen LogP contribution in [0.15, 0.2) is 162 Å². The molecule has 50 heavy (non-hydrogen) atoms. The molecule has 0 unspecified atom stereocenters. The van der Waals surface area contributed by atoms with E-state index in [1.54, 1.807) is 11.3 Å². The Balaban J connectivity index is 1.20. The van der Waals surface area contributed by atoms with Crippen LogP contribution in [0.2, 0.25) is 0 Å². The Morgan fingerprint density at radius 3 is 1.74 bits per heavy atom. The maximum absolute atomic E-state index is 6.45. The van der Waals surface area contributed by atoms with Crippen LogP contribution < -0.4 is 0 Å². The molecule has 234 valence electrons. The summed E-state index contributed by atoms with van der Waals surface area (Å²) in [6, 6.07) is 54.0. The molecule has 6 heteroatoms. The van der Waals surface area contributed by atoms with Crippen LogP contribution in [-0.2, 0) is 0 Å². The van der Waals surface area contributed by atoms with Crippen LogP contribution in [0.4, 0.5) is 0 Å². The number of thiazole rings is 1. The summed E-state index contributed by atoms with van der Waals surface area (Å²) >= 11 is 1.65. The van der Waals surface area contributed by atoms with Gasteiger partial charge in [-0.15, -0.1) is 11.3 Å². The fourth-order valence-electron chi connectivity index (χ4n) is 6.69. The number of fused-ring (bicyclic) bond motifs is 6. The molecule has 3 heterocycles. The normalized spacial score (nSPS) is 11.6. The molecule has 0 N–H and O–H groups in total. The summed E-state index contributed by atoms with van der Waals surface area (Å²) in [5, 5.41) is 5.24. The minimum absolute atomic E-state index is 0.573. The summed E-state index contributed by atoms with van der Waals surface area (Å²) in [5.41, 5.74) is 8.60. The van der Waals surface area contributed by atoms with Crippen LogP contribution in [-0.4, -0.2) is 19.9 Å². The first-order valence-electron chi connectivity index (χ1n) is 16.5. The molecule has 10 aromatic rings. The summed E-state index contributed by atoms with van der Waals surface area (Å²) in [4.78, 5) is 20.6. The van der Waals surface area contributed by atoms with Gasteiger partial charge in [0.15, 0.2) is 17.5 Å². The molecule has 0 aliphatic heterocycles. The van der Waals surface area contributed by atoms with Crippen molar-refractivity contribution in [2.45, 2.75) is 0 Å². The SMILES string of the molecule is c1ccc(-c2ccc3cc(-c4nc(-c5ccccc5)nc(-c5cc6oc7ccccc7c6c6nc(-c7ccccc7)sc56)n4)ccc3c2)cc1. The van der Waals surface area contributed by atoms with Gasteiger partial charge < -0.3 is 4.42 Å².